The van der Waals surface area contributed by atoms with Gasteiger partial charge in [0.15, 0.2) is 0 Å². The Morgan fingerprint density at radius 2 is 1.75 bits per heavy atom. The molecule has 2 atom stereocenters. The molecule has 0 spiro atoms. The molecule has 2 aromatic heterocycles. The van der Waals surface area contributed by atoms with Crippen LogP contribution < -0.4 is 5.32 Å². The lowest BCUT2D eigenvalue weighted by Crippen LogP contribution is -2.48. The van der Waals surface area contributed by atoms with E-state index >= 15 is 0 Å². The van der Waals surface area contributed by atoms with Crippen LogP contribution in [0.5, 0.6) is 0 Å². The summed E-state index contributed by atoms with van der Waals surface area (Å²) in [6, 6.07) is 13.6. The van der Waals surface area contributed by atoms with Gasteiger partial charge in [0.05, 0.1) is 33.9 Å². The average molecular weight is 600 g/mol. The van der Waals surface area contributed by atoms with E-state index in [0.29, 0.717) is 26.0 Å². The first kappa shape index (κ1) is 28.4. The molecule has 0 aliphatic carbocycles. The maximum Gasteiger partial charge on any atom is 0.348 e. The number of aromatic nitrogens is 1. The van der Waals surface area contributed by atoms with Gasteiger partial charge >= 0.3 is 5.97 Å². The van der Waals surface area contributed by atoms with Gasteiger partial charge in [-0.2, -0.15) is 4.31 Å². The molecule has 2 unspecified atom stereocenters. The Morgan fingerprint density at radius 3 is 2.40 bits per heavy atom. The van der Waals surface area contributed by atoms with Crippen molar-refractivity contribution < 1.29 is 27.5 Å². The fraction of sp³-hybridized carbons (Fsp3) is 0.321. The van der Waals surface area contributed by atoms with E-state index in [1.165, 1.54) is 39.9 Å². The molecule has 1 aliphatic rings. The Balaban J connectivity index is 1.44. The number of hydrogen-bond donors (Lipinski definition) is 1. The van der Waals surface area contributed by atoms with Gasteiger partial charge in [0.2, 0.25) is 10.0 Å². The first-order valence-corrected chi connectivity index (χ1v) is 15.9. The largest absolute Gasteiger partial charge is 0.462 e. The molecule has 1 amide bonds. The molecule has 3 heterocycles. The highest BCUT2D eigenvalue weighted by Crippen LogP contribution is 2.43. The molecular formula is C28H29N3O6S3. The third-order valence-electron chi connectivity index (χ3n) is 6.48. The predicted molar refractivity (Wildman–Crippen MR) is 157 cm³/mol. The molecule has 210 valence electrons. The van der Waals surface area contributed by atoms with Crippen molar-refractivity contribution in [3.05, 3.63) is 64.5 Å². The summed E-state index contributed by atoms with van der Waals surface area (Å²) in [6.45, 7) is 8.00. The molecule has 5 rings (SSSR count). The molecule has 0 bridgehead atoms. The molecule has 0 radical (unpaired) electrons. The number of para-hydroxylation sites is 1. The molecule has 4 aromatic rings. The smallest absolute Gasteiger partial charge is 0.348 e. The number of morpholine rings is 1. The zero-order chi connectivity index (χ0) is 28.6. The highest BCUT2D eigenvalue weighted by Gasteiger charge is 2.32. The minimum atomic E-state index is -3.74. The van der Waals surface area contributed by atoms with Crippen LogP contribution in [-0.4, -0.2) is 61.5 Å². The van der Waals surface area contributed by atoms with E-state index in [4.69, 9.17) is 14.5 Å². The van der Waals surface area contributed by atoms with E-state index in [-0.39, 0.29) is 42.4 Å². The summed E-state index contributed by atoms with van der Waals surface area (Å²) in [5.74, 6) is -0.897. The van der Waals surface area contributed by atoms with Gasteiger partial charge in [-0.3, -0.25) is 4.79 Å². The Bertz CT molecular complexity index is 1630. The minimum Gasteiger partial charge on any atom is -0.462 e. The molecule has 2 aromatic carbocycles. The van der Waals surface area contributed by atoms with Crippen molar-refractivity contribution in [2.45, 2.75) is 44.8 Å². The summed E-state index contributed by atoms with van der Waals surface area (Å²) in [7, 11) is -3.74. The summed E-state index contributed by atoms with van der Waals surface area (Å²) in [5, 5.41) is 4.07. The molecule has 1 fully saturated rings. The minimum absolute atomic E-state index is 0.108. The number of thiazole rings is 1. The number of nitrogens with zero attached hydrogens (tertiary/aromatic N) is 2. The van der Waals surface area contributed by atoms with Crippen LogP contribution in [0.15, 0.2) is 53.4 Å². The van der Waals surface area contributed by atoms with Crippen LogP contribution in [0, 0.1) is 6.92 Å². The van der Waals surface area contributed by atoms with Crippen LogP contribution in [0.3, 0.4) is 0 Å². The van der Waals surface area contributed by atoms with Gasteiger partial charge in [0, 0.05) is 24.2 Å². The summed E-state index contributed by atoms with van der Waals surface area (Å²) < 4.78 is 39.7. The fourth-order valence-corrected chi connectivity index (χ4v) is 8.49. The predicted octanol–water partition coefficient (Wildman–Crippen LogP) is 5.56. The number of thiophene rings is 1. The van der Waals surface area contributed by atoms with E-state index < -0.39 is 21.9 Å². The Morgan fingerprint density at radius 1 is 1.07 bits per heavy atom. The molecule has 12 heteroatoms. The number of anilines is 1. The highest BCUT2D eigenvalue weighted by molar-refractivity contribution is 7.89. The number of hydrogen-bond acceptors (Lipinski definition) is 9. The number of esters is 1. The van der Waals surface area contributed by atoms with Crippen LogP contribution in [-0.2, 0) is 19.5 Å². The van der Waals surface area contributed by atoms with Crippen molar-refractivity contribution in [2.24, 2.45) is 0 Å². The van der Waals surface area contributed by atoms with Gasteiger partial charge in [-0.25, -0.2) is 18.2 Å². The molecule has 40 heavy (non-hydrogen) atoms. The number of nitrogens with one attached hydrogen (secondary N) is 1. The van der Waals surface area contributed by atoms with Crippen LogP contribution >= 0.6 is 22.7 Å². The third kappa shape index (κ3) is 5.54. The highest BCUT2D eigenvalue weighted by atomic mass is 32.2. The van der Waals surface area contributed by atoms with Crippen molar-refractivity contribution in [2.75, 3.05) is 25.0 Å². The first-order valence-electron chi connectivity index (χ1n) is 12.8. The quantitative estimate of drug-likeness (QED) is 0.277. The summed E-state index contributed by atoms with van der Waals surface area (Å²) in [5.41, 5.74) is 2.44. The lowest BCUT2D eigenvalue weighted by molar-refractivity contribution is -0.0440. The van der Waals surface area contributed by atoms with Gasteiger partial charge in [0.1, 0.15) is 14.9 Å². The van der Waals surface area contributed by atoms with Gasteiger partial charge in [-0.05, 0) is 69.7 Å². The number of carbonyl (C=O) groups is 2. The molecule has 1 N–H and O–H groups in total. The monoisotopic (exact) mass is 599 g/mol. The van der Waals surface area contributed by atoms with Crippen molar-refractivity contribution in [1.82, 2.24) is 9.29 Å². The van der Waals surface area contributed by atoms with Crippen molar-refractivity contribution in [3.8, 4) is 10.6 Å². The molecular weight excluding hydrogens is 571 g/mol. The standard InChI is InChI=1S/C28H29N3O6S3/c1-5-36-28(33)24-18(4)23(26-29-21-8-6-7-9-22(21)38-26)27(39-24)30-25(32)19-10-12-20(13-11-19)40(34,35)31-14-16(2)37-17(3)15-31/h6-13,16-17H,5,14-15H2,1-4H3,(H,30,32). The number of rotatable bonds is 7. The lowest BCUT2D eigenvalue weighted by Gasteiger charge is -2.34. The number of amides is 1. The Labute approximate surface area is 240 Å². The second kappa shape index (κ2) is 11.4. The Hall–Kier alpha value is -3.16. The SMILES string of the molecule is CCOC(=O)c1sc(NC(=O)c2ccc(S(=O)(=O)N3CC(C)OC(C)C3)cc2)c(-c2nc3ccccc3s2)c1C. The van der Waals surface area contributed by atoms with E-state index in [1.54, 1.807) is 6.92 Å². The van der Waals surface area contributed by atoms with Gasteiger partial charge in [0.25, 0.3) is 5.91 Å². The zero-order valence-electron chi connectivity index (χ0n) is 22.5. The lowest BCUT2D eigenvalue weighted by atomic mass is 10.1. The first-order chi connectivity index (χ1) is 19.1. The fourth-order valence-electron chi connectivity index (χ4n) is 4.66. The van der Waals surface area contributed by atoms with Gasteiger partial charge < -0.3 is 14.8 Å². The average Bonchev–Trinajstić information content (AvgIpc) is 3.48. The van der Waals surface area contributed by atoms with Crippen LogP contribution in [0.1, 0.15) is 46.4 Å². The van der Waals surface area contributed by atoms with Crippen LogP contribution in [0.2, 0.25) is 0 Å². The molecule has 1 saturated heterocycles. The van der Waals surface area contributed by atoms with Gasteiger partial charge in [-0.1, -0.05) is 12.1 Å². The van der Waals surface area contributed by atoms with E-state index in [9.17, 15) is 18.0 Å². The van der Waals surface area contributed by atoms with Gasteiger partial charge in [-0.15, -0.1) is 22.7 Å². The molecule has 0 saturated carbocycles. The topological polar surface area (TPSA) is 115 Å². The normalized spacial score (nSPS) is 18.1. The molecule has 9 nitrogen and oxygen atoms in total. The number of fused-ring (bicyclic) bond motifs is 1. The van der Waals surface area contributed by atoms with Crippen molar-refractivity contribution in [1.29, 1.82) is 0 Å². The number of benzene rings is 2. The van der Waals surface area contributed by atoms with E-state index in [2.05, 4.69) is 5.32 Å². The van der Waals surface area contributed by atoms with Crippen molar-refractivity contribution in [3.63, 3.8) is 0 Å². The number of carbonyl (C=O) groups excluding carboxylic acids is 2. The zero-order valence-corrected chi connectivity index (χ0v) is 24.9. The van der Waals surface area contributed by atoms with E-state index in [0.717, 1.165) is 21.6 Å². The van der Waals surface area contributed by atoms with Crippen LogP contribution in [0.4, 0.5) is 5.00 Å². The second-order valence-electron chi connectivity index (χ2n) is 9.53. The maximum atomic E-state index is 13.3. The summed E-state index contributed by atoms with van der Waals surface area (Å²) in [6.07, 6.45) is -0.413. The van der Waals surface area contributed by atoms with E-state index in [1.807, 2.05) is 45.0 Å². The van der Waals surface area contributed by atoms with Crippen LogP contribution in [0.25, 0.3) is 20.8 Å². The Kier molecular flexibility index (Phi) is 8.07. The third-order valence-corrected chi connectivity index (χ3v) is 10.6. The molecule has 1 aliphatic heterocycles. The summed E-state index contributed by atoms with van der Waals surface area (Å²) >= 11 is 2.60. The second-order valence-corrected chi connectivity index (χ2v) is 13.5. The number of ether oxygens (including phenoxy) is 2. The number of sulfonamides is 1. The maximum absolute atomic E-state index is 13.3. The van der Waals surface area contributed by atoms with Crippen molar-refractivity contribution >= 4 is 59.8 Å². The summed E-state index contributed by atoms with van der Waals surface area (Å²) in [4.78, 5) is 31.2.